The van der Waals surface area contributed by atoms with Crippen LogP contribution in [0.1, 0.15) is 47.9 Å². The highest BCUT2D eigenvalue weighted by molar-refractivity contribution is 9.10. The second-order valence-corrected chi connectivity index (χ2v) is 5.96. The van der Waals surface area contributed by atoms with Crippen LogP contribution in [0.15, 0.2) is 22.7 Å². The van der Waals surface area contributed by atoms with Crippen molar-refractivity contribution in [3.63, 3.8) is 0 Å². The molecule has 0 bridgehead atoms. The van der Waals surface area contributed by atoms with E-state index < -0.39 is 17.9 Å². The van der Waals surface area contributed by atoms with E-state index in [0.29, 0.717) is 4.47 Å². The lowest BCUT2D eigenvalue weighted by Crippen LogP contribution is -2.47. The average Bonchev–Trinajstić information content (AvgIpc) is 2.45. The number of amides is 2. The fourth-order valence-corrected chi connectivity index (χ4v) is 2.15. The number of rotatable bonds is 6. The zero-order valence-corrected chi connectivity index (χ0v) is 14.2. The maximum atomic E-state index is 12.1. The van der Waals surface area contributed by atoms with E-state index in [-0.39, 0.29) is 23.1 Å². The van der Waals surface area contributed by atoms with Crippen LogP contribution in [-0.4, -0.2) is 35.0 Å². The standard InChI is InChI=1S/C15H19BrN2O4/c1-4-8(2)17-13(19)9(3)18-14(20)10-5-11(15(21)22)7-12(16)6-10/h5-9H,4H2,1-3H3,(H,17,19)(H,18,20)(H,21,22). The Morgan fingerprint density at radius 2 is 1.73 bits per heavy atom. The predicted molar refractivity (Wildman–Crippen MR) is 85.9 cm³/mol. The monoisotopic (exact) mass is 370 g/mol. The first-order chi connectivity index (χ1) is 10.2. The summed E-state index contributed by atoms with van der Waals surface area (Å²) < 4.78 is 0.481. The van der Waals surface area contributed by atoms with E-state index >= 15 is 0 Å². The second-order valence-electron chi connectivity index (χ2n) is 5.05. The Balaban J connectivity index is 2.80. The van der Waals surface area contributed by atoms with E-state index in [9.17, 15) is 14.4 Å². The van der Waals surface area contributed by atoms with Crippen molar-refractivity contribution in [3.8, 4) is 0 Å². The van der Waals surface area contributed by atoms with Crippen LogP contribution in [0.5, 0.6) is 0 Å². The zero-order valence-electron chi connectivity index (χ0n) is 12.6. The van der Waals surface area contributed by atoms with Crippen molar-refractivity contribution < 1.29 is 19.5 Å². The quantitative estimate of drug-likeness (QED) is 0.714. The molecule has 2 amide bonds. The van der Waals surface area contributed by atoms with Gasteiger partial charge in [0, 0.05) is 16.1 Å². The minimum Gasteiger partial charge on any atom is -0.478 e. The Kier molecular flexibility index (Phi) is 6.55. The van der Waals surface area contributed by atoms with Gasteiger partial charge in [0.1, 0.15) is 6.04 Å². The second kappa shape index (κ2) is 7.93. The number of halogens is 1. The van der Waals surface area contributed by atoms with E-state index in [4.69, 9.17) is 5.11 Å². The maximum Gasteiger partial charge on any atom is 0.335 e. The molecule has 0 saturated heterocycles. The van der Waals surface area contributed by atoms with Crippen molar-refractivity contribution in [2.75, 3.05) is 0 Å². The third-order valence-electron chi connectivity index (χ3n) is 3.15. The summed E-state index contributed by atoms with van der Waals surface area (Å²) in [5.41, 5.74) is 0.172. The molecular formula is C15H19BrN2O4. The highest BCUT2D eigenvalue weighted by Gasteiger charge is 2.19. The normalized spacial score (nSPS) is 13.1. The van der Waals surface area contributed by atoms with Gasteiger partial charge in [-0.15, -0.1) is 0 Å². The SMILES string of the molecule is CCC(C)NC(=O)C(C)NC(=O)c1cc(Br)cc(C(=O)O)c1. The van der Waals surface area contributed by atoms with Gasteiger partial charge in [-0.25, -0.2) is 4.79 Å². The smallest absolute Gasteiger partial charge is 0.335 e. The molecule has 0 spiro atoms. The van der Waals surface area contributed by atoms with Gasteiger partial charge in [0.25, 0.3) is 5.91 Å². The highest BCUT2D eigenvalue weighted by atomic mass is 79.9. The van der Waals surface area contributed by atoms with Gasteiger partial charge < -0.3 is 15.7 Å². The average molecular weight is 371 g/mol. The molecule has 0 aliphatic carbocycles. The zero-order chi connectivity index (χ0) is 16.9. The Morgan fingerprint density at radius 1 is 1.14 bits per heavy atom. The number of carboxylic acids is 1. The maximum absolute atomic E-state index is 12.1. The summed E-state index contributed by atoms with van der Waals surface area (Å²) in [5, 5.41) is 14.3. The van der Waals surface area contributed by atoms with Crippen molar-refractivity contribution in [2.24, 2.45) is 0 Å². The van der Waals surface area contributed by atoms with E-state index in [1.54, 1.807) is 6.92 Å². The molecule has 0 fully saturated rings. The summed E-state index contributed by atoms with van der Waals surface area (Å²) in [6.45, 7) is 5.40. The van der Waals surface area contributed by atoms with Crippen molar-refractivity contribution in [2.45, 2.75) is 39.3 Å². The number of hydrogen-bond acceptors (Lipinski definition) is 3. The molecule has 6 nitrogen and oxygen atoms in total. The molecule has 0 aliphatic rings. The molecule has 0 heterocycles. The van der Waals surface area contributed by atoms with Gasteiger partial charge in [0.2, 0.25) is 5.91 Å². The van der Waals surface area contributed by atoms with Crippen LogP contribution >= 0.6 is 15.9 Å². The van der Waals surface area contributed by atoms with Gasteiger partial charge in [-0.05, 0) is 38.5 Å². The molecule has 1 aromatic rings. The van der Waals surface area contributed by atoms with Crippen LogP contribution in [-0.2, 0) is 4.79 Å². The number of aromatic carboxylic acids is 1. The molecule has 120 valence electrons. The topological polar surface area (TPSA) is 95.5 Å². The van der Waals surface area contributed by atoms with E-state index in [1.165, 1.54) is 18.2 Å². The molecular weight excluding hydrogens is 352 g/mol. The van der Waals surface area contributed by atoms with Crippen LogP contribution in [0.25, 0.3) is 0 Å². The van der Waals surface area contributed by atoms with Gasteiger partial charge >= 0.3 is 5.97 Å². The van der Waals surface area contributed by atoms with Crippen molar-refractivity contribution in [1.82, 2.24) is 10.6 Å². The van der Waals surface area contributed by atoms with Crippen LogP contribution in [0.4, 0.5) is 0 Å². The molecule has 7 heteroatoms. The Bertz CT molecular complexity index is 589. The van der Waals surface area contributed by atoms with Gasteiger partial charge in [-0.1, -0.05) is 22.9 Å². The summed E-state index contributed by atoms with van der Waals surface area (Å²) in [5.74, 6) is -1.91. The van der Waals surface area contributed by atoms with Crippen molar-refractivity contribution >= 4 is 33.7 Å². The Hall–Kier alpha value is -1.89. The molecule has 0 aliphatic heterocycles. The highest BCUT2D eigenvalue weighted by Crippen LogP contribution is 2.16. The summed E-state index contributed by atoms with van der Waals surface area (Å²) in [7, 11) is 0. The Morgan fingerprint density at radius 3 is 2.27 bits per heavy atom. The fraction of sp³-hybridized carbons (Fsp3) is 0.400. The van der Waals surface area contributed by atoms with Crippen LogP contribution in [0.3, 0.4) is 0 Å². The summed E-state index contributed by atoms with van der Waals surface area (Å²) in [6, 6.07) is 3.48. The first kappa shape index (κ1) is 18.2. The third kappa shape index (κ3) is 5.14. The lowest BCUT2D eigenvalue weighted by atomic mass is 10.1. The molecule has 1 aromatic carbocycles. The number of carbonyl (C=O) groups excluding carboxylic acids is 2. The number of carboxylic acid groups (broad SMARTS) is 1. The van der Waals surface area contributed by atoms with Gasteiger partial charge in [-0.3, -0.25) is 9.59 Å². The molecule has 22 heavy (non-hydrogen) atoms. The minimum atomic E-state index is -1.13. The van der Waals surface area contributed by atoms with Crippen LogP contribution < -0.4 is 10.6 Å². The largest absolute Gasteiger partial charge is 0.478 e. The summed E-state index contributed by atoms with van der Waals surface area (Å²) >= 11 is 3.16. The molecule has 0 radical (unpaired) electrons. The first-order valence-corrected chi connectivity index (χ1v) is 7.69. The fourth-order valence-electron chi connectivity index (χ4n) is 1.66. The van der Waals surface area contributed by atoms with E-state index in [2.05, 4.69) is 26.6 Å². The summed E-state index contributed by atoms with van der Waals surface area (Å²) in [6.07, 6.45) is 0.792. The van der Waals surface area contributed by atoms with Gasteiger partial charge in [0.15, 0.2) is 0 Å². The number of benzene rings is 1. The van der Waals surface area contributed by atoms with Gasteiger partial charge in [0.05, 0.1) is 5.56 Å². The summed E-state index contributed by atoms with van der Waals surface area (Å²) in [4.78, 5) is 35.0. The predicted octanol–water partition coefficient (Wildman–Crippen LogP) is 2.18. The van der Waals surface area contributed by atoms with Crippen LogP contribution in [0, 0.1) is 0 Å². The number of nitrogens with one attached hydrogen (secondary N) is 2. The molecule has 3 N–H and O–H groups in total. The van der Waals surface area contributed by atoms with Gasteiger partial charge in [-0.2, -0.15) is 0 Å². The third-order valence-corrected chi connectivity index (χ3v) is 3.61. The molecule has 2 atom stereocenters. The van der Waals surface area contributed by atoms with Crippen LogP contribution in [0.2, 0.25) is 0 Å². The Labute approximate surface area is 137 Å². The first-order valence-electron chi connectivity index (χ1n) is 6.89. The number of hydrogen-bond donors (Lipinski definition) is 3. The molecule has 0 saturated carbocycles. The van der Waals surface area contributed by atoms with E-state index in [1.807, 2.05) is 13.8 Å². The molecule has 0 aromatic heterocycles. The lowest BCUT2D eigenvalue weighted by Gasteiger charge is -2.17. The van der Waals surface area contributed by atoms with Crippen molar-refractivity contribution in [1.29, 1.82) is 0 Å². The lowest BCUT2D eigenvalue weighted by molar-refractivity contribution is -0.123. The number of carbonyl (C=O) groups is 3. The van der Waals surface area contributed by atoms with E-state index in [0.717, 1.165) is 6.42 Å². The van der Waals surface area contributed by atoms with Crippen molar-refractivity contribution in [3.05, 3.63) is 33.8 Å². The minimum absolute atomic E-state index is 0.00349. The molecule has 1 rings (SSSR count). The molecule has 2 unspecified atom stereocenters.